The molecular weight excluding hydrogens is 295 g/mol. The molecule has 23 heavy (non-hydrogen) atoms. The number of hydrogen-bond acceptors (Lipinski definition) is 3. The van der Waals surface area contributed by atoms with Crippen LogP contribution in [0.15, 0.2) is 42.6 Å². The molecule has 120 valence electrons. The predicted octanol–water partition coefficient (Wildman–Crippen LogP) is 3.60. The zero-order chi connectivity index (χ0) is 16.2. The number of rotatable bonds is 3. The van der Waals surface area contributed by atoms with Crippen LogP contribution in [0.5, 0.6) is 5.88 Å². The average molecular weight is 314 g/mol. The van der Waals surface area contributed by atoms with Crippen molar-refractivity contribution in [1.82, 2.24) is 9.88 Å². The summed E-state index contributed by atoms with van der Waals surface area (Å²) in [7, 11) is 1.50. The van der Waals surface area contributed by atoms with Crippen LogP contribution in [0.1, 0.15) is 41.2 Å². The molecule has 1 amide bonds. The average Bonchev–Trinajstić information content (AvgIpc) is 2.61. The van der Waals surface area contributed by atoms with Crippen LogP contribution >= 0.6 is 0 Å². The number of halogens is 1. The van der Waals surface area contributed by atoms with Gasteiger partial charge in [-0.25, -0.2) is 9.37 Å². The maximum Gasteiger partial charge on any atom is 0.259 e. The Labute approximate surface area is 134 Å². The van der Waals surface area contributed by atoms with Crippen LogP contribution in [-0.2, 0) is 0 Å². The molecule has 0 unspecified atom stereocenters. The third kappa shape index (κ3) is 3.18. The molecule has 1 aliphatic rings. The lowest BCUT2D eigenvalue weighted by Crippen LogP contribution is -2.38. The Hall–Kier alpha value is -2.43. The molecule has 3 rings (SSSR count). The van der Waals surface area contributed by atoms with Gasteiger partial charge in [0.15, 0.2) is 0 Å². The van der Waals surface area contributed by atoms with Crippen molar-refractivity contribution in [3.8, 4) is 5.88 Å². The highest BCUT2D eigenvalue weighted by molar-refractivity contribution is 5.96. The summed E-state index contributed by atoms with van der Waals surface area (Å²) in [6.45, 7) is 0.651. The summed E-state index contributed by atoms with van der Waals surface area (Å²) in [6, 6.07) is 9.81. The summed E-state index contributed by atoms with van der Waals surface area (Å²) in [5, 5.41) is 0. The molecule has 1 aromatic carbocycles. The van der Waals surface area contributed by atoms with E-state index in [1.54, 1.807) is 29.3 Å². The zero-order valence-electron chi connectivity index (χ0n) is 13.0. The van der Waals surface area contributed by atoms with E-state index in [4.69, 9.17) is 4.74 Å². The number of ether oxygens (including phenoxy) is 1. The summed E-state index contributed by atoms with van der Waals surface area (Å²) in [4.78, 5) is 18.9. The maximum absolute atomic E-state index is 13.6. The second-order valence-electron chi connectivity index (χ2n) is 5.63. The fraction of sp³-hybridized carbons (Fsp3) is 0.333. The molecule has 1 aliphatic heterocycles. The number of nitrogens with zero attached hydrogens (tertiary/aromatic N) is 2. The van der Waals surface area contributed by atoms with Crippen LogP contribution in [0.2, 0.25) is 0 Å². The summed E-state index contributed by atoms with van der Waals surface area (Å²) < 4.78 is 18.8. The van der Waals surface area contributed by atoms with Gasteiger partial charge in [0.2, 0.25) is 5.88 Å². The lowest BCUT2D eigenvalue weighted by Gasteiger charge is -2.36. The molecule has 0 spiro atoms. The van der Waals surface area contributed by atoms with Crippen LogP contribution in [0, 0.1) is 5.82 Å². The van der Waals surface area contributed by atoms with Gasteiger partial charge >= 0.3 is 0 Å². The summed E-state index contributed by atoms with van der Waals surface area (Å²) in [5.74, 6) is -0.0793. The fourth-order valence-corrected chi connectivity index (χ4v) is 3.11. The largest absolute Gasteiger partial charge is 0.480 e. The molecule has 1 saturated heterocycles. The number of methoxy groups -OCH3 is 1. The lowest BCUT2D eigenvalue weighted by molar-refractivity contribution is 0.0607. The summed E-state index contributed by atoms with van der Waals surface area (Å²) in [5.41, 5.74) is 1.28. The normalized spacial score (nSPS) is 17.8. The first-order valence-corrected chi connectivity index (χ1v) is 7.76. The van der Waals surface area contributed by atoms with Crippen LogP contribution in [0.3, 0.4) is 0 Å². The summed E-state index contributed by atoms with van der Waals surface area (Å²) >= 11 is 0. The van der Waals surface area contributed by atoms with Gasteiger partial charge in [-0.3, -0.25) is 4.79 Å². The molecule has 2 aromatic rings. The Balaban J connectivity index is 1.93. The Morgan fingerprint density at radius 1 is 1.30 bits per heavy atom. The van der Waals surface area contributed by atoms with E-state index in [-0.39, 0.29) is 17.8 Å². The van der Waals surface area contributed by atoms with E-state index in [1.165, 1.54) is 19.2 Å². The fourth-order valence-electron chi connectivity index (χ4n) is 3.11. The number of amides is 1. The van der Waals surface area contributed by atoms with Gasteiger partial charge in [0.1, 0.15) is 11.4 Å². The number of carbonyl (C=O) groups is 1. The standard InChI is InChI=1S/C18H19FN2O2/c1-23-17-15(8-5-10-20-17)18(22)21-11-3-2-9-16(21)13-6-4-7-14(19)12-13/h4-8,10,12,16H,2-3,9,11H2,1H3/t16-/m1/s1. The van der Waals surface area contributed by atoms with Crippen LogP contribution in [-0.4, -0.2) is 29.4 Å². The van der Waals surface area contributed by atoms with Gasteiger partial charge < -0.3 is 9.64 Å². The SMILES string of the molecule is COc1ncccc1C(=O)N1CCCC[C@@H]1c1cccc(F)c1. The molecule has 1 atom stereocenters. The number of piperidine rings is 1. The first kappa shape index (κ1) is 15.5. The Kier molecular flexibility index (Phi) is 4.55. The van der Waals surface area contributed by atoms with Crippen molar-refractivity contribution in [2.24, 2.45) is 0 Å². The molecule has 0 N–H and O–H groups in total. The molecule has 0 saturated carbocycles. The highest BCUT2D eigenvalue weighted by Gasteiger charge is 2.30. The third-order valence-corrected chi connectivity index (χ3v) is 4.19. The predicted molar refractivity (Wildman–Crippen MR) is 84.8 cm³/mol. The lowest BCUT2D eigenvalue weighted by atomic mass is 9.94. The Morgan fingerprint density at radius 2 is 2.17 bits per heavy atom. The molecule has 5 heteroatoms. The van der Waals surface area contributed by atoms with Crippen molar-refractivity contribution in [2.75, 3.05) is 13.7 Å². The molecule has 1 aromatic heterocycles. The first-order valence-electron chi connectivity index (χ1n) is 7.76. The second-order valence-corrected chi connectivity index (χ2v) is 5.63. The van der Waals surface area contributed by atoms with Gasteiger partial charge in [-0.2, -0.15) is 0 Å². The van der Waals surface area contributed by atoms with Gasteiger partial charge in [0, 0.05) is 12.7 Å². The van der Waals surface area contributed by atoms with E-state index < -0.39 is 0 Å². The number of pyridine rings is 1. The number of benzene rings is 1. The Morgan fingerprint density at radius 3 is 2.96 bits per heavy atom. The van der Waals surface area contributed by atoms with Gasteiger partial charge in [0.25, 0.3) is 5.91 Å². The molecule has 2 heterocycles. The van der Waals surface area contributed by atoms with Crippen molar-refractivity contribution in [2.45, 2.75) is 25.3 Å². The minimum atomic E-state index is -0.278. The molecule has 0 radical (unpaired) electrons. The van der Waals surface area contributed by atoms with Crippen LogP contribution < -0.4 is 4.74 Å². The number of carbonyl (C=O) groups excluding carboxylic acids is 1. The minimum Gasteiger partial charge on any atom is -0.480 e. The van der Waals surface area contributed by atoms with Crippen LogP contribution in [0.4, 0.5) is 4.39 Å². The second kappa shape index (κ2) is 6.77. The van der Waals surface area contributed by atoms with E-state index in [2.05, 4.69) is 4.98 Å². The number of hydrogen-bond donors (Lipinski definition) is 0. The highest BCUT2D eigenvalue weighted by Crippen LogP contribution is 2.33. The number of likely N-dealkylation sites (tertiary alicyclic amines) is 1. The van der Waals surface area contributed by atoms with Crippen LogP contribution in [0.25, 0.3) is 0 Å². The molecule has 0 bridgehead atoms. The topological polar surface area (TPSA) is 42.4 Å². The van der Waals surface area contributed by atoms with Crippen molar-refractivity contribution in [1.29, 1.82) is 0 Å². The van der Waals surface area contributed by atoms with Crippen molar-refractivity contribution >= 4 is 5.91 Å². The van der Waals surface area contributed by atoms with Gasteiger partial charge in [-0.05, 0) is 49.1 Å². The van der Waals surface area contributed by atoms with Crippen molar-refractivity contribution in [3.63, 3.8) is 0 Å². The summed E-state index contributed by atoms with van der Waals surface area (Å²) in [6.07, 6.45) is 4.39. The van der Waals surface area contributed by atoms with Gasteiger partial charge in [-0.1, -0.05) is 12.1 Å². The monoisotopic (exact) mass is 314 g/mol. The Bertz CT molecular complexity index is 705. The van der Waals surface area contributed by atoms with E-state index in [0.717, 1.165) is 24.8 Å². The quantitative estimate of drug-likeness (QED) is 0.869. The minimum absolute atomic E-state index is 0.114. The van der Waals surface area contributed by atoms with E-state index >= 15 is 0 Å². The van der Waals surface area contributed by atoms with Gasteiger partial charge in [0.05, 0.1) is 13.2 Å². The molecule has 1 fully saturated rings. The van der Waals surface area contributed by atoms with E-state index in [9.17, 15) is 9.18 Å². The maximum atomic E-state index is 13.6. The zero-order valence-corrected chi connectivity index (χ0v) is 13.0. The molecule has 4 nitrogen and oxygen atoms in total. The van der Waals surface area contributed by atoms with Crippen molar-refractivity contribution in [3.05, 3.63) is 59.5 Å². The smallest absolute Gasteiger partial charge is 0.259 e. The molecular formula is C18H19FN2O2. The van der Waals surface area contributed by atoms with Crippen molar-refractivity contribution < 1.29 is 13.9 Å². The van der Waals surface area contributed by atoms with Gasteiger partial charge in [-0.15, -0.1) is 0 Å². The third-order valence-electron chi connectivity index (χ3n) is 4.19. The number of aromatic nitrogens is 1. The van der Waals surface area contributed by atoms with E-state index in [1.807, 2.05) is 6.07 Å². The molecule has 0 aliphatic carbocycles. The van der Waals surface area contributed by atoms with E-state index in [0.29, 0.717) is 18.0 Å². The highest BCUT2D eigenvalue weighted by atomic mass is 19.1. The first-order chi connectivity index (χ1) is 11.2.